The van der Waals surface area contributed by atoms with E-state index < -0.39 is 0 Å². The standard InChI is InChI=1S/C37H26N2O/c1-37(2)30-21-20-25(26-17-11-18-28-27-16-9-10-19-31(27)40-35(26)28)22-29(30)34-32(37)33(23-12-5-3-6-13-23)38-36(39-34)24-14-7-4-8-15-24/h3-22H,1-2H3. The molecule has 3 nitrogen and oxygen atoms in total. The van der Waals surface area contributed by atoms with Crippen LogP contribution in [0, 0.1) is 0 Å². The lowest BCUT2D eigenvalue weighted by Crippen LogP contribution is -2.17. The maximum atomic E-state index is 6.40. The van der Waals surface area contributed by atoms with E-state index >= 15 is 0 Å². The fraction of sp³-hybridized carbons (Fsp3) is 0.0811. The van der Waals surface area contributed by atoms with Crippen molar-refractivity contribution < 1.29 is 4.42 Å². The van der Waals surface area contributed by atoms with Crippen molar-refractivity contribution in [3.8, 4) is 45.0 Å². The first-order chi connectivity index (χ1) is 19.6. The first-order valence-corrected chi connectivity index (χ1v) is 13.7. The number of hydrogen-bond donors (Lipinski definition) is 0. The van der Waals surface area contributed by atoms with Gasteiger partial charge >= 0.3 is 0 Å². The number of furan rings is 1. The molecule has 0 fully saturated rings. The number of fused-ring (bicyclic) bond motifs is 6. The predicted molar refractivity (Wildman–Crippen MR) is 163 cm³/mol. The highest BCUT2D eigenvalue weighted by Gasteiger charge is 2.40. The van der Waals surface area contributed by atoms with E-state index in [9.17, 15) is 0 Å². The molecule has 1 aliphatic rings. The minimum Gasteiger partial charge on any atom is -0.455 e. The molecule has 8 rings (SSSR count). The van der Waals surface area contributed by atoms with Gasteiger partial charge < -0.3 is 4.42 Å². The van der Waals surface area contributed by atoms with Crippen LogP contribution >= 0.6 is 0 Å². The quantitative estimate of drug-likeness (QED) is 0.236. The van der Waals surface area contributed by atoms with Crippen molar-refractivity contribution in [2.45, 2.75) is 19.3 Å². The van der Waals surface area contributed by atoms with E-state index in [0.717, 1.165) is 67.0 Å². The van der Waals surface area contributed by atoms with Gasteiger partial charge in [-0.3, -0.25) is 0 Å². The van der Waals surface area contributed by atoms with E-state index in [-0.39, 0.29) is 5.41 Å². The van der Waals surface area contributed by atoms with Gasteiger partial charge in [0.05, 0.1) is 11.4 Å². The van der Waals surface area contributed by atoms with E-state index in [0.29, 0.717) is 0 Å². The van der Waals surface area contributed by atoms with Gasteiger partial charge in [0, 0.05) is 44.0 Å². The summed E-state index contributed by atoms with van der Waals surface area (Å²) in [7, 11) is 0. The summed E-state index contributed by atoms with van der Waals surface area (Å²) in [6.45, 7) is 4.57. The molecule has 0 aliphatic heterocycles. The summed E-state index contributed by atoms with van der Waals surface area (Å²) in [5.41, 5.74) is 11.5. The number of para-hydroxylation sites is 2. The van der Waals surface area contributed by atoms with Crippen molar-refractivity contribution >= 4 is 21.9 Å². The first-order valence-electron chi connectivity index (χ1n) is 13.7. The molecule has 0 unspecified atom stereocenters. The van der Waals surface area contributed by atoms with Gasteiger partial charge in [0.15, 0.2) is 5.82 Å². The summed E-state index contributed by atoms with van der Waals surface area (Å²) in [5, 5.41) is 2.27. The average Bonchev–Trinajstić information content (AvgIpc) is 3.50. The van der Waals surface area contributed by atoms with Gasteiger partial charge in [0.25, 0.3) is 0 Å². The molecule has 40 heavy (non-hydrogen) atoms. The third kappa shape index (κ3) is 3.31. The summed E-state index contributed by atoms with van der Waals surface area (Å²) in [6.07, 6.45) is 0. The Kier molecular flexibility index (Phi) is 4.86. The molecule has 0 N–H and O–H groups in total. The number of nitrogens with zero attached hydrogens (tertiary/aromatic N) is 2. The van der Waals surface area contributed by atoms with E-state index in [1.54, 1.807) is 0 Å². The van der Waals surface area contributed by atoms with E-state index in [1.165, 1.54) is 11.1 Å². The molecule has 1 aliphatic carbocycles. The summed E-state index contributed by atoms with van der Waals surface area (Å²) >= 11 is 0. The molecule has 0 amide bonds. The summed E-state index contributed by atoms with van der Waals surface area (Å²) in [5.74, 6) is 0.742. The Bertz CT molecular complexity index is 2070. The second-order valence-corrected chi connectivity index (χ2v) is 11.0. The molecule has 190 valence electrons. The lowest BCUT2D eigenvalue weighted by Gasteiger charge is -2.24. The van der Waals surface area contributed by atoms with Crippen molar-refractivity contribution in [2.75, 3.05) is 0 Å². The molecule has 2 aromatic heterocycles. The normalized spacial score (nSPS) is 13.4. The van der Waals surface area contributed by atoms with Crippen LogP contribution in [0.3, 0.4) is 0 Å². The highest BCUT2D eigenvalue weighted by atomic mass is 16.3. The van der Waals surface area contributed by atoms with Crippen LogP contribution in [0.5, 0.6) is 0 Å². The third-order valence-corrected chi connectivity index (χ3v) is 8.28. The van der Waals surface area contributed by atoms with E-state index in [1.807, 2.05) is 36.4 Å². The Labute approximate surface area is 232 Å². The number of hydrogen-bond acceptors (Lipinski definition) is 3. The monoisotopic (exact) mass is 514 g/mol. The van der Waals surface area contributed by atoms with Crippen LogP contribution in [0.15, 0.2) is 126 Å². The topological polar surface area (TPSA) is 38.9 Å². The number of aromatic nitrogens is 2. The van der Waals surface area contributed by atoms with E-state index in [4.69, 9.17) is 14.4 Å². The maximum Gasteiger partial charge on any atom is 0.160 e. The summed E-state index contributed by atoms with van der Waals surface area (Å²) < 4.78 is 6.40. The molecule has 0 saturated carbocycles. The highest BCUT2D eigenvalue weighted by molar-refractivity contribution is 6.09. The van der Waals surface area contributed by atoms with Crippen LogP contribution < -0.4 is 0 Å². The Morgan fingerprint density at radius 3 is 2.02 bits per heavy atom. The largest absolute Gasteiger partial charge is 0.455 e. The van der Waals surface area contributed by atoms with Crippen molar-refractivity contribution in [1.82, 2.24) is 9.97 Å². The van der Waals surface area contributed by atoms with Crippen molar-refractivity contribution in [2.24, 2.45) is 0 Å². The molecule has 5 aromatic carbocycles. The Morgan fingerprint density at radius 1 is 0.550 bits per heavy atom. The lowest BCUT2D eigenvalue weighted by atomic mass is 9.80. The Balaban J connectivity index is 1.40. The second kappa shape index (κ2) is 8.49. The van der Waals surface area contributed by atoms with Gasteiger partial charge in [-0.15, -0.1) is 0 Å². The zero-order valence-corrected chi connectivity index (χ0v) is 22.3. The van der Waals surface area contributed by atoms with Crippen LogP contribution in [0.4, 0.5) is 0 Å². The summed E-state index contributed by atoms with van der Waals surface area (Å²) in [4.78, 5) is 10.4. The lowest BCUT2D eigenvalue weighted by molar-refractivity contribution is 0.658. The van der Waals surface area contributed by atoms with Crippen molar-refractivity contribution in [3.05, 3.63) is 132 Å². The van der Waals surface area contributed by atoms with Gasteiger partial charge in [0.2, 0.25) is 0 Å². The van der Waals surface area contributed by atoms with Crippen LogP contribution in [0.25, 0.3) is 67.0 Å². The minimum atomic E-state index is -0.255. The average molecular weight is 515 g/mol. The molecular weight excluding hydrogens is 488 g/mol. The molecule has 7 aromatic rings. The van der Waals surface area contributed by atoms with Crippen LogP contribution in [0.2, 0.25) is 0 Å². The second-order valence-electron chi connectivity index (χ2n) is 11.0. The SMILES string of the molecule is CC1(C)c2ccc(-c3cccc4c3oc3ccccc34)cc2-c2nc(-c3ccccc3)nc(-c3ccccc3)c21. The molecule has 0 saturated heterocycles. The summed E-state index contributed by atoms with van der Waals surface area (Å²) in [6, 6.07) is 42.2. The smallest absolute Gasteiger partial charge is 0.160 e. The molecule has 0 atom stereocenters. The molecule has 3 heteroatoms. The maximum absolute atomic E-state index is 6.40. The fourth-order valence-electron chi connectivity index (χ4n) is 6.33. The highest BCUT2D eigenvalue weighted by Crippen LogP contribution is 2.52. The molecular formula is C37H26N2O. The third-order valence-electron chi connectivity index (χ3n) is 8.28. The van der Waals surface area contributed by atoms with Crippen LogP contribution in [-0.4, -0.2) is 9.97 Å². The van der Waals surface area contributed by atoms with Gasteiger partial charge in [-0.1, -0.05) is 123 Å². The van der Waals surface area contributed by atoms with Gasteiger partial charge in [0.1, 0.15) is 11.2 Å². The van der Waals surface area contributed by atoms with Gasteiger partial charge in [-0.05, 0) is 23.3 Å². The number of benzene rings is 5. The molecule has 0 spiro atoms. The minimum absolute atomic E-state index is 0.255. The van der Waals surface area contributed by atoms with Gasteiger partial charge in [-0.25, -0.2) is 9.97 Å². The zero-order chi connectivity index (χ0) is 26.8. The zero-order valence-electron chi connectivity index (χ0n) is 22.3. The van der Waals surface area contributed by atoms with E-state index in [2.05, 4.69) is 98.8 Å². The Hall–Kier alpha value is -5.02. The predicted octanol–water partition coefficient (Wildman–Crippen LogP) is 9.68. The van der Waals surface area contributed by atoms with Crippen molar-refractivity contribution in [1.29, 1.82) is 0 Å². The first kappa shape index (κ1) is 22.9. The van der Waals surface area contributed by atoms with Crippen LogP contribution in [-0.2, 0) is 5.41 Å². The number of rotatable bonds is 3. The Morgan fingerprint density at radius 2 is 1.23 bits per heavy atom. The molecule has 0 radical (unpaired) electrons. The van der Waals surface area contributed by atoms with Crippen LogP contribution in [0.1, 0.15) is 25.0 Å². The molecule has 0 bridgehead atoms. The fourth-order valence-corrected chi connectivity index (χ4v) is 6.33. The van der Waals surface area contributed by atoms with Gasteiger partial charge in [-0.2, -0.15) is 0 Å². The molecule has 2 heterocycles. The van der Waals surface area contributed by atoms with Crippen molar-refractivity contribution in [3.63, 3.8) is 0 Å².